The Balaban J connectivity index is 2.61. The molecule has 1 rings (SSSR count). The average Bonchev–Trinajstić information content (AvgIpc) is 2.28. The van der Waals surface area contributed by atoms with Crippen molar-refractivity contribution in [1.82, 2.24) is 5.32 Å². The molecule has 0 heterocycles. The highest BCUT2D eigenvalue weighted by Gasteiger charge is 1.98. The van der Waals surface area contributed by atoms with Gasteiger partial charge in [-0.15, -0.1) is 0 Å². The van der Waals surface area contributed by atoms with Gasteiger partial charge in [-0.25, -0.2) is 0 Å². The first-order valence-corrected chi connectivity index (χ1v) is 5.34. The van der Waals surface area contributed by atoms with Crippen LogP contribution in [0, 0.1) is 11.3 Å². The number of nitrogens with two attached hydrogens (primary N) is 1. The van der Waals surface area contributed by atoms with Gasteiger partial charge in [-0.2, -0.15) is 5.26 Å². The van der Waals surface area contributed by atoms with Crippen LogP contribution in [0.2, 0.25) is 0 Å². The van der Waals surface area contributed by atoms with Crippen molar-refractivity contribution in [2.75, 3.05) is 12.3 Å². The predicted octanol–water partition coefficient (Wildman–Crippen LogP) is 1.68. The second-order valence-corrected chi connectivity index (χ2v) is 3.63. The summed E-state index contributed by atoms with van der Waals surface area (Å²) in [6.07, 6.45) is 4.47. The smallest absolute Gasteiger partial charge is 0.216 e. The summed E-state index contributed by atoms with van der Waals surface area (Å²) in [5, 5.41) is 11.6. The Morgan fingerprint density at radius 3 is 3.00 bits per heavy atom. The summed E-state index contributed by atoms with van der Waals surface area (Å²) in [7, 11) is 0. The van der Waals surface area contributed by atoms with E-state index in [4.69, 9.17) is 11.0 Å². The van der Waals surface area contributed by atoms with E-state index < -0.39 is 0 Å². The molecule has 0 unspecified atom stereocenters. The molecular weight excluding hydrogens is 214 g/mol. The fourth-order valence-corrected chi connectivity index (χ4v) is 1.36. The molecule has 1 aromatic rings. The zero-order valence-electron chi connectivity index (χ0n) is 9.73. The lowest BCUT2D eigenvalue weighted by atomic mass is 10.1. The van der Waals surface area contributed by atoms with Gasteiger partial charge in [0.05, 0.1) is 11.6 Å². The van der Waals surface area contributed by atoms with E-state index in [1.54, 1.807) is 18.2 Å². The Labute approximate surface area is 101 Å². The first-order valence-electron chi connectivity index (χ1n) is 5.34. The third kappa shape index (κ3) is 4.39. The van der Waals surface area contributed by atoms with Gasteiger partial charge in [-0.05, 0) is 30.2 Å². The Morgan fingerprint density at radius 1 is 1.59 bits per heavy atom. The average molecular weight is 229 g/mol. The van der Waals surface area contributed by atoms with Crippen molar-refractivity contribution in [3.63, 3.8) is 0 Å². The number of amides is 1. The van der Waals surface area contributed by atoms with E-state index in [1.807, 2.05) is 12.2 Å². The van der Waals surface area contributed by atoms with Gasteiger partial charge in [-0.3, -0.25) is 4.79 Å². The molecule has 3 N–H and O–H groups in total. The van der Waals surface area contributed by atoms with Gasteiger partial charge in [-0.1, -0.05) is 12.2 Å². The third-order valence-corrected chi connectivity index (χ3v) is 2.18. The minimum absolute atomic E-state index is 0.0416. The molecule has 0 radical (unpaired) electrons. The summed E-state index contributed by atoms with van der Waals surface area (Å²) < 4.78 is 0. The van der Waals surface area contributed by atoms with Crippen molar-refractivity contribution in [3.05, 3.63) is 35.4 Å². The summed E-state index contributed by atoms with van der Waals surface area (Å²) in [6, 6.07) is 7.26. The molecule has 0 aliphatic rings. The topological polar surface area (TPSA) is 78.9 Å². The van der Waals surface area contributed by atoms with E-state index in [9.17, 15) is 4.79 Å². The summed E-state index contributed by atoms with van der Waals surface area (Å²) in [5.41, 5.74) is 7.68. The van der Waals surface area contributed by atoms with Crippen LogP contribution >= 0.6 is 0 Å². The van der Waals surface area contributed by atoms with Crippen LogP contribution in [0.25, 0.3) is 6.08 Å². The van der Waals surface area contributed by atoms with E-state index >= 15 is 0 Å². The molecular formula is C13H15N3O. The number of hydrogen-bond acceptors (Lipinski definition) is 3. The lowest BCUT2D eigenvalue weighted by molar-refractivity contribution is -0.118. The number of anilines is 1. The fourth-order valence-electron chi connectivity index (χ4n) is 1.36. The molecule has 1 aromatic carbocycles. The first-order chi connectivity index (χ1) is 8.13. The lowest BCUT2D eigenvalue weighted by Gasteiger charge is -2.00. The van der Waals surface area contributed by atoms with Crippen molar-refractivity contribution in [3.8, 4) is 6.07 Å². The molecule has 0 fully saturated rings. The molecule has 0 aliphatic heterocycles. The standard InChI is InChI=1S/C13H15N3O/c1-10(17)16-7-3-2-4-11-8-13(15)6-5-12(11)9-14/h2,4-6,8H,3,7,15H2,1H3,(H,16,17). The summed E-state index contributed by atoms with van der Waals surface area (Å²) >= 11 is 0. The maximum atomic E-state index is 10.6. The second-order valence-electron chi connectivity index (χ2n) is 3.63. The molecule has 0 spiro atoms. The maximum absolute atomic E-state index is 10.6. The molecule has 4 nitrogen and oxygen atoms in total. The monoisotopic (exact) mass is 229 g/mol. The minimum Gasteiger partial charge on any atom is -0.399 e. The molecule has 0 aromatic heterocycles. The molecule has 1 amide bonds. The zero-order chi connectivity index (χ0) is 12.7. The van der Waals surface area contributed by atoms with Crippen LogP contribution in [0.3, 0.4) is 0 Å². The maximum Gasteiger partial charge on any atom is 0.216 e. The lowest BCUT2D eigenvalue weighted by Crippen LogP contribution is -2.20. The first kappa shape index (κ1) is 12.8. The number of nitriles is 1. The molecule has 0 aliphatic carbocycles. The number of nitrogen functional groups attached to an aromatic ring is 1. The highest BCUT2D eigenvalue weighted by Crippen LogP contribution is 2.14. The number of nitrogens with zero attached hydrogens (tertiary/aromatic N) is 1. The van der Waals surface area contributed by atoms with Gasteiger partial charge < -0.3 is 11.1 Å². The highest BCUT2D eigenvalue weighted by molar-refractivity contribution is 5.72. The van der Waals surface area contributed by atoms with Crippen molar-refractivity contribution in [2.24, 2.45) is 0 Å². The SMILES string of the molecule is CC(=O)NCCC=Cc1cc(N)ccc1C#N. The van der Waals surface area contributed by atoms with Gasteiger partial charge in [0.15, 0.2) is 0 Å². The largest absolute Gasteiger partial charge is 0.399 e. The molecule has 0 saturated carbocycles. The molecule has 17 heavy (non-hydrogen) atoms. The van der Waals surface area contributed by atoms with Gasteiger partial charge in [0.25, 0.3) is 0 Å². The second kappa shape index (κ2) is 6.33. The normalized spacial score (nSPS) is 10.1. The van der Waals surface area contributed by atoms with Crippen LogP contribution in [0.4, 0.5) is 5.69 Å². The highest BCUT2D eigenvalue weighted by atomic mass is 16.1. The molecule has 88 valence electrons. The summed E-state index contributed by atoms with van der Waals surface area (Å²) in [4.78, 5) is 10.6. The Kier molecular flexibility index (Phi) is 4.77. The van der Waals surface area contributed by atoms with Gasteiger partial charge >= 0.3 is 0 Å². The van der Waals surface area contributed by atoms with E-state index in [0.29, 0.717) is 17.8 Å². The van der Waals surface area contributed by atoms with E-state index in [0.717, 1.165) is 12.0 Å². The van der Waals surface area contributed by atoms with Crippen molar-refractivity contribution in [2.45, 2.75) is 13.3 Å². The quantitative estimate of drug-likeness (QED) is 0.609. The molecule has 0 atom stereocenters. The summed E-state index contributed by atoms with van der Waals surface area (Å²) in [5.74, 6) is -0.0416. The van der Waals surface area contributed by atoms with E-state index in [2.05, 4.69) is 11.4 Å². The van der Waals surface area contributed by atoms with Crippen molar-refractivity contribution >= 4 is 17.7 Å². The third-order valence-electron chi connectivity index (χ3n) is 2.18. The Morgan fingerprint density at radius 2 is 2.35 bits per heavy atom. The number of carbonyl (C=O) groups is 1. The van der Waals surface area contributed by atoms with Crippen LogP contribution in [-0.4, -0.2) is 12.5 Å². The minimum atomic E-state index is -0.0416. The Bertz CT molecular complexity index is 472. The van der Waals surface area contributed by atoms with Crippen molar-refractivity contribution < 1.29 is 4.79 Å². The zero-order valence-corrected chi connectivity index (χ0v) is 9.73. The van der Waals surface area contributed by atoms with Crippen LogP contribution in [0.5, 0.6) is 0 Å². The molecule has 0 bridgehead atoms. The van der Waals surface area contributed by atoms with Crippen LogP contribution in [0.1, 0.15) is 24.5 Å². The number of rotatable bonds is 4. The molecule has 0 saturated heterocycles. The van der Waals surface area contributed by atoms with Gasteiger partial charge in [0.1, 0.15) is 0 Å². The van der Waals surface area contributed by atoms with E-state index in [-0.39, 0.29) is 5.91 Å². The fraction of sp³-hybridized carbons (Fsp3) is 0.231. The number of carbonyl (C=O) groups excluding carboxylic acids is 1. The Hall–Kier alpha value is -2.28. The number of benzene rings is 1. The number of nitrogens with one attached hydrogen (secondary N) is 1. The van der Waals surface area contributed by atoms with Crippen LogP contribution in [0.15, 0.2) is 24.3 Å². The van der Waals surface area contributed by atoms with Gasteiger partial charge in [0, 0.05) is 19.2 Å². The summed E-state index contributed by atoms with van der Waals surface area (Å²) in [6.45, 7) is 2.07. The number of hydrogen-bond donors (Lipinski definition) is 2. The van der Waals surface area contributed by atoms with Crippen molar-refractivity contribution in [1.29, 1.82) is 5.26 Å². The van der Waals surface area contributed by atoms with Crippen LogP contribution in [-0.2, 0) is 4.79 Å². The van der Waals surface area contributed by atoms with E-state index in [1.165, 1.54) is 6.92 Å². The van der Waals surface area contributed by atoms with Gasteiger partial charge in [0.2, 0.25) is 5.91 Å². The molecule has 4 heteroatoms. The predicted molar refractivity (Wildman–Crippen MR) is 67.9 cm³/mol. The van der Waals surface area contributed by atoms with Crippen LogP contribution < -0.4 is 11.1 Å².